The van der Waals surface area contributed by atoms with E-state index in [4.69, 9.17) is 46.9 Å². The number of benzene rings is 6. The van der Waals surface area contributed by atoms with E-state index in [-0.39, 0.29) is 56.5 Å². The van der Waals surface area contributed by atoms with E-state index in [1.54, 1.807) is 0 Å². The third kappa shape index (κ3) is 16.9. The fourth-order valence-electron chi connectivity index (χ4n) is 16.4. The van der Waals surface area contributed by atoms with Crippen LogP contribution in [-0.2, 0) is 0 Å². The molecule has 2 aliphatic heterocycles. The Kier molecular flexibility index (Phi) is 21.3. The summed E-state index contributed by atoms with van der Waals surface area (Å²) in [4.78, 5) is 14.9. The summed E-state index contributed by atoms with van der Waals surface area (Å²) in [6, 6.07) is 42.2. The van der Waals surface area contributed by atoms with Crippen LogP contribution in [0.2, 0.25) is 0 Å². The summed E-state index contributed by atoms with van der Waals surface area (Å²) < 4.78 is 60.6. The number of aryl methyl sites for hydroxylation is 4. The summed E-state index contributed by atoms with van der Waals surface area (Å²) in [6.07, 6.45) is 8.52. The highest BCUT2D eigenvalue weighted by Crippen LogP contribution is 2.45. The van der Waals surface area contributed by atoms with E-state index in [0.29, 0.717) is 138 Å². The van der Waals surface area contributed by atoms with E-state index in [9.17, 15) is 11.8 Å². The van der Waals surface area contributed by atoms with Crippen LogP contribution in [0.3, 0.4) is 0 Å². The van der Waals surface area contributed by atoms with Crippen molar-refractivity contribution in [3.63, 3.8) is 0 Å². The largest absolute Gasteiger partial charge is 0.743 e. The smallest absolute Gasteiger partial charge is 0.503 e. The third-order valence-electron chi connectivity index (χ3n) is 20.5. The molecule has 0 radical (unpaired) electrons. The van der Waals surface area contributed by atoms with E-state index in [0.717, 1.165) is 73.6 Å². The zero-order valence-corrected chi connectivity index (χ0v) is 65.2. The fourth-order valence-corrected chi connectivity index (χ4v) is 16.4. The van der Waals surface area contributed by atoms with Crippen molar-refractivity contribution >= 4 is 58.7 Å². The van der Waals surface area contributed by atoms with Crippen LogP contribution in [0.5, 0.6) is 34.5 Å². The lowest BCUT2D eigenvalue weighted by molar-refractivity contribution is 0.147. The van der Waals surface area contributed by atoms with Crippen molar-refractivity contribution in [2.75, 3.05) is 13.2 Å². The Balaban J connectivity index is 1.19. The van der Waals surface area contributed by atoms with Gasteiger partial charge in [-0.25, -0.2) is 14.8 Å². The molecule has 0 fully saturated rings. The normalized spacial score (nSPS) is 15.6. The Morgan fingerprint density at radius 3 is 1.32 bits per heavy atom. The van der Waals surface area contributed by atoms with Crippen molar-refractivity contribution in [1.29, 1.82) is 5.26 Å². The molecule has 0 N–H and O–H groups in total. The molecule has 0 spiro atoms. The molecule has 12 rings (SSSR count). The highest BCUT2D eigenvalue weighted by Gasteiger charge is 2.46. The molecule has 6 heterocycles. The molecule has 0 aliphatic carbocycles. The van der Waals surface area contributed by atoms with Gasteiger partial charge in [0.05, 0.1) is 41.9 Å². The molecule has 6 unspecified atom stereocenters. The molecule has 14 nitrogen and oxygen atoms in total. The predicted octanol–water partition coefficient (Wildman–Crippen LogP) is 21.5. The van der Waals surface area contributed by atoms with Crippen LogP contribution in [0.4, 0.5) is 0 Å². The summed E-state index contributed by atoms with van der Waals surface area (Å²) in [6.45, 7) is 56.1. The third-order valence-corrected chi connectivity index (χ3v) is 20.5. The predicted molar refractivity (Wildman–Crippen MR) is 421 cm³/mol. The molecule has 0 saturated carbocycles. The van der Waals surface area contributed by atoms with Gasteiger partial charge in [0.25, 0.3) is 5.70 Å². The Hall–Kier alpha value is -9.27. The summed E-state index contributed by atoms with van der Waals surface area (Å²) in [5.41, 5.74) is 9.04. The zero-order chi connectivity index (χ0) is 74.5. The van der Waals surface area contributed by atoms with Crippen molar-refractivity contribution in [2.45, 2.75) is 190 Å². The number of oxazole rings is 2. The quantitative estimate of drug-likeness (QED) is 0.0421. The van der Waals surface area contributed by atoms with Crippen LogP contribution in [0, 0.1) is 103 Å². The molecule has 542 valence electrons. The molecule has 2 aliphatic rings. The lowest BCUT2D eigenvalue weighted by Gasteiger charge is -2.31. The summed E-state index contributed by atoms with van der Waals surface area (Å²) >= 11 is 0. The van der Waals surface area contributed by atoms with Gasteiger partial charge >= 0.3 is 14.5 Å². The number of hydrogen-bond acceptors (Lipinski definition) is 11. The molecule has 10 aromatic rings. The molecule has 0 saturated heterocycles. The average molecular weight is 1400 g/mol. The fraction of sp³-hybridized carbons (Fsp3) is 0.455. The van der Waals surface area contributed by atoms with Crippen molar-refractivity contribution in [2.24, 2.45) is 57.2 Å². The van der Waals surface area contributed by atoms with Crippen LogP contribution < -0.4 is 38.8 Å². The van der Waals surface area contributed by atoms with E-state index in [2.05, 4.69) is 134 Å². The second kappa shape index (κ2) is 29.7. The molecule has 104 heavy (non-hydrogen) atoms. The van der Waals surface area contributed by atoms with Crippen molar-refractivity contribution in [3.8, 4) is 63.1 Å². The first kappa shape index (κ1) is 74.4. The van der Waals surface area contributed by atoms with Crippen LogP contribution in [0.15, 0.2) is 130 Å². The lowest BCUT2D eigenvalue weighted by atomic mass is 9.76. The van der Waals surface area contributed by atoms with Gasteiger partial charge in [0.2, 0.25) is 11.8 Å². The summed E-state index contributed by atoms with van der Waals surface area (Å²) in [5, 5.41) is 14.0. The number of ether oxygens (including phenoxy) is 2. The lowest BCUT2D eigenvalue weighted by Crippen LogP contribution is -2.44. The molecule has 0 bridgehead atoms. The molecular weight excluding hydrogens is 1290 g/mol. The zero-order valence-electron chi connectivity index (χ0n) is 65.2. The Labute approximate surface area is 617 Å². The summed E-state index contributed by atoms with van der Waals surface area (Å²) in [7, 11) is -2.56. The van der Waals surface area contributed by atoms with Crippen LogP contribution >= 0.6 is 0 Å². The maximum Gasteiger partial charge on any atom is 0.743 e. The maximum absolute atomic E-state index is 12.4. The highest BCUT2D eigenvalue weighted by atomic mass is 16.7. The molecule has 16 heteroatoms. The minimum atomic E-state index is -1.28. The van der Waals surface area contributed by atoms with Gasteiger partial charge in [0, 0.05) is 21.9 Å². The molecule has 0 amide bonds. The highest BCUT2D eigenvalue weighted by molar-refractivity contribution is 6.49. The van der Waals surface area contributed by atoms with Gasteiger partial charge in [0.1, 0.15) is 57.2 Å². The van der Waals surface area contributed by atoms with E-state index in [1.807, 2.05) is 146 Å². The first-order valence-corrected chi connectivity index (χ1v) is 37.6. The van der Waals surface area contributed by atoms with Crippen LogP contribution in [0.25, 0.3) is 71.6 Å². The van der Waals surface area contributed by atoms with E-state index in [1.165, 1.54) is 0 Å². The second-order valence-electron chi connectivity index (χ2n) is 35.4. The second-order valence-corrected chi connectivity index (χ2v) is 35.4. The number of hydrogen-bond donors (Lipinski definition) is 0. The van der Waals surface area contributed by atoms with Gasteiger partial charge in [-0.3, -0.25) is 0 Å². The number of fused-ring (bicyclic) bond motifs is 5. The monoisotopic (exact) mass is 1400 g/mol. The van der Waals surface area contributed by atoms with Crippen LogP contribution in [-0.4, -0.2) is 46.6 Å². The standard InChI is InChI=1S/C88H106B2N6O8/c1-53-30-36-70-68(40-53)93-83(99-70)67(50-91)81-76-77(80(95(81)89-101-72-38-32-55(3)42-74(72)103-89)62-25-23-27-66(45-62)98-52-64(60(8)49-88(18,19)20)35-29-58(6)47-86(12,13)14)82(78(92-21)84-94-69-41-54(2)31-37-71(69)100-84)96(90-102-73-39-33-56(4)43-75(73)104-90)79(76)61-24-22-26-65(44-61)97-51-63(59(7)48-87(15,16)17)34-28-57(5)46-85(9,10)11/h22-27,30-33,36-45,57-60,63-64H,28-29,34-35,46-49,51-52H2,1-20H3/b81-67-,82-78+. The topological polar surface area (TPSA) is 145 Å². The molecule has 4 aromatic heterocycles. The maximum atomic E-state index is 12.4. The van der Waals surface area contributed by atoms with Gasteiger partial charge in [-0.1, -0.05) is 172 Å². The Bertz CT molecular complexity index is 4720. The minimum absolute atomic E-state index is 0.0370. The number of aromatic nitrogens is 4. The van der Waals surface area contributed by atoms with Gasteiger partial charge < -0.3 is 45.9 Å². The summed E-state index contributed by atoms with van der Waals surface area (Å²) in [5.74, 6) is 5.69. The molecule has 6 aromatic carbocycles. The molecular formula is C88H106B2N6O8. The molecule has 6 atom stereocenters. The van der Waals surface area contributed by atoms with Crippen LogP contribution in [0.1, 0.15) is 196 Å². The van der Waals surface area contributed by atoms with Gasteiger partial charge in [0.15, 0.2) is 11.2 Å². The first-order chi connectivity index (χ1) is 49.2. The van der Waals surface area contributed by atoms with Gasteiger partial charge in [-0.2, -0.15) is 5.26 Å². The number of nitriles is 1. The Morgan fingerprint density at radius 1 is 0.490 bits per heavy atom. The van der Waals surface area contributed by atoms with E-state index < -0.39 is 14.5 Å². The first-order valence-electron chi connectivity index (χ1n) is 37.6. The number of rotatable bonds is 24. The van der Waals surface area contributed by atoms with E-state index >= 15 is 0 Å². The van der Waals surface area contributed by atoms with Crippen molar-refractivity contribution in [3.05, 3.63) is 177 Å². The average Bonchev–Trinajstić information content (AvgIpc) is 1.52. The SMILES string of the molecule is [C-]#[N+]/C(c1nc2cc(C)ccc2o1)=c1\c2c(-c3cccc(OCC(CCC(C)CC(C)(C)C)C(C)CC(C)(C)C)c3)n(B3Oc4ccc(C)cc4O3)/c(=C(/C#N)c3nc4cc(C)ccc4o3)c2c(-c2cccc(OCC(CCC(C)CC(C)(C)C)C(C)CC(C)(C)C)c2)n1B1Oc2ccc(C)cc2O1. The number of nitrogens with zero attached hydrogens (tertiary/aromatic N) is 6. The van der Waals surface area contributed by atoms with Gasteiger partial charge in [-0.05, 0) is 218 Å². The minimum Gasteiger partial charge on any atom is -0.503 e. The van der Waals surface area contributed by atoms with Crippen molar-refractivity contribution < 1.29 is 36.9 Å². The Morgan fingerprint density at radius 2 is 0.885 bits per heavy atom. The van der Waals surface area contributed by atoms with Crippen molar-refractivity contribution in [1.82, 2.24) is 18.9 Å². The van der Waals surface area contributed by atoms with Gasteiger partial charge in [-0.15, -0.1) is 0 Å².